The van der Waals surface area contributed by atoms with E-state index in [0.717, 1.165) is 11.3 Å². The van der Waals surface area contributed by atoms with E-state index in [2.05, 4.69) is 5.10 Å². The Morgan fingerprint density at radius 1 is 1.39 bits per heavy atom. The smallest absolute Gasteiger partial charge is 0.308 e. The van der Waals surface area contributed by atoms with Gasteiger partial charge in [-0.3, -0.25) is 14.3 Å². The second-order valence-corrected chi connectivity index (χ2v) is 6.63. The lowest BCUT2D eigenvalue weighted by Crippen LogP contribution is -2.45. The van der Waals surface area contributed by atoms with Crippen LogP contribution in [0.15, 0.2) is 36.0 Å². The summed E-state index contributed by atoms with van der Waals surface area (Å²) in [7, 11) is 0. The molecule has 0 radical (unpaired) electrons. The minimum Gasteiger partial charge on any atom is -0.481 e. The van der Waals surface area contributed by atoms with Crippen molar-refractivity contribution < 1.29 is 14.7 Å². The lowest BCUT2D eigenvalue weighted by Gasteiger charge is -2.39. The molecule has 0 bridgehead atoms. The minimum atomic E-state index is -0.826. The highest BCUT2D eigenvalue weighted by molar-refractivity contribution is 7.10. The van der Waals surface area contributed by atoms with Crippen LogP contribution in [-0.4, -0.2) is 38.2 Å². The van der Waals surface area contributed by atoms with Gasteiger partial charge in [0.1, 0.15) is 0 Å². The van der Waals surface area contributed by atoms with Gasteiger partial charge >= 0.3 is 5.97 Å². The second-order valence-electron chi connectivity index (χ2n) is 5.65. The highest BCUT2D eigenvalue weighted by Gasteiger charge is 2.40. The zero-order chi connectivity index (χ0) is 16.2. The summed E-state index contributed by atoms with van der Waals surface area (Å²) in [4.78, 5) is 26.7. The Balaban J connectivity index is 1.75. The van der Waals surface area contributed by atoms with Gasteiger partial charge in [-0.15, -0.1) is 11.3 Å². The van der Waals surface area contributed by atoms with Gasteiger partial charge in [0.2, 0.25) is 5.91 Å². The number of hydrogen-bond acceptors (Lipinski definition) is 4. The van der Waals surface area contributed by atoms with Gasteiger partial charge in [-0.05, 0) is 30.4 Å². The fourth-order valence-corrected chi connectivity index (χ4v) is 4.02. The van der Waals surface area contributed by atoms with Crippen molar-refractivity contribution >= 4 is 23.2 Å². The molecule has 1 aliphatic heterocycles. The maximum atomic E-state index is 12.4. The molecule has 6 nitrogen and oxygen atoms in total. The maximum absolute atomic E-state index is 12.4. The first-order chi connectivity index (χ1) is 11.2. The van der Waals surface area contributed by atoms with Crippen molar-refractivity contribution in [2.45, 2.75) is 31.8 Å². The van der Waals surface area contributed by atoms with Crippen molar-refractivity contribution in [1.29, 1.82) is 0 Å². The molecule has 3 rings (SSSR count). The van der Waals surface area contributed by atoms with Crippen LogP contribution in [0.25, 0.3) is 0 Å². The summed E-state index contributed by atoms with van der Waals surface area (Å²) in [6, 6.07) is 5.33. The third kappa shape index (κ3) is 3.44. The second kappa shape index (κ2) is 6.95. The lowest BCUT2D eigenvalue weighted by atomic mass is 9.87. The molecule has 1 saturated heterocycles. The van der Waals surface area contributed by atoms with Crippen LogP contribution in [0.2, 0.25) is 0 Å². The average molecular weight is 333 g/mol. The predicted octanol–water partition coefficient (Wildman–Crippen LogP) is 2.40. The van der Waals surface area contributed by atoms with Crippen LogP contribution in [0, 0.1) is 5.92 Å². The van der Waals surface area contributed by atoms with Crippen LogP contribution in [-0.2, 0) is 16.1 Å². The standard InChI is InChI=1S/C16H19N3O3S/c20-14-6-5-12(16(21)22)15(13-4-1-11-23-13)19(14)10-3-9-18-8-2-7-17-18/h1-2,4,7-8,11-12,15H,3,5-6,9-10H2,(H,21,22)/t12-,15-/m1/s1. The minimum absolute atomic E-state index is 0.0429. The van der Waals surface area contributed by atoms with Gasteiger partial charge in [-0.25, -0.2) is 0 Å². The number of nitrogens with zero attached hydrogens (tertiary/aromatic N) is 3. The number of likely N-dealkylation sites (tertiary alicyclic amines) is 1. The molecule has 0 unspecified atom stereocenters. The molecule has 2 aromatic rings. The van der Waals surface area contributed by atoms with Crippen molar-refractivity contribution in [3.8, 4) is 0 Å². The number of carbonyl (C=O) groups is 2. The highest BCUT2D eigenvalue weighted by atomic mass is 32.1. The Labute approximate surface area is 138 Å². The molecule has 1 fully saturated rings. The third-order valence-corrected chi connectivity index (χ3v) is 5.15. The SMILES string of the molecule is O=C(O)[C@@H]1CCC(=O)N(CCCn2cccn2)[C@H]1c1cccs1. The van der Waals surface area contributed by atoms with E-state index in [-0.39, 0.29) is 11.9 Å². The number of carboxylic acid groups (broad SMARTS) is 1. The van der Waals surface area contributed by atoms with Crippen molar-refractivity contribution in [2.24, 2.45) is 5.92 Å². The monoisotopic (exact) mass is 333 g/mol. The number of aryl methyl sites for hydroxylation is 1. The molecule has 2 aromatic heterocycles. The first-order valence-corrected chi connectivity index (χ1v) is 8.58. The molecule has 0 aliphatic carbocycles. The average Bonchev–Trinajstić information content (AvgIpc) is 3.21. The summed E-state index contributed by atoms with van der Waals surface area (Å²) in [5.74, 6) is -1.31. The molecule has 0 saturated carbocycles. The van der Waals surface area contributed by atoms with Crippen LogP contribution in [0.4, 0.5) is 0 Å². The molecule has 7 heteroatoms. The summed E-state index contributed by atoms with van der Waals surface area (Å²) in [5, 5.41) is 15.6. The molecular weight excluding hydrogens is 314 g/mol. The normalized spacial score (nSPS) is 21.6. The number of carboxylic acids is 1. The molecule has 0 aromatic carbocycles. The van der Waals surface area contributed by atoms with E-state index in [9.17, 15) is 14.7 Å². The molecule has 1 aliphatic rings. The Hall–Kier alpha value is -2.15. The van der Waals surface area contributed by atoms with Crippen LogP contribution in [0.5, 0.6) is 0 Å². The van der Waals surface area contributed by atoms with Gasteiger partial charge in [0.05, 0.1) is 12.0 Å². The number of carbonyl (C=O) groups excluding carboxylic acids is 1. The van der Waals surface area contributed by atoms with Crippen molar-refractivity contribution in [1.82, 2.24) is 14.7 Å². The zero-order valence-corrected chi connectivity index (χ0v) is 13.5. The fourth-order valence-electron chi connectivity index (χ4n) is 3.12. The molecule has 1 amide bonds. The number of piperidine rings is 1. The molecule has 2 atom stereocenters. The molecule has 1 N–H and O–H groups in total. The van der Waals surface area contributed by atoms with E-state index < -0.39 is 11.9 Å². The van der Waals surface area contributed by atoms with Crippen molar-refractivity contribution in [3.63, 3.8) is 0 Å². The van der Waals surface area contributed by atoms with Crippen molar-refractivity contribution in [2.75, 3.05) is 6.54 Å². The van der Waals surface area contributed by atoms with Crippen LogP contribution >= 0.6 is 11.3 Å². The molecule has 0 spiro atoms. The van der Waals surface area contributed by atoms with Gasteiger partial charge in [0, 0.05) is 36.8 Å². The Morgan fingerprint density at radius 2 is 2.26 bits per heavy atom. The van der Waals surface area contributed by atoms with Gasteiger partial charge in [0.25, 0.3) is 0 Å². The van der Waals surface area contributed by atoms with Gasteiger partial charge in [-0.2, -0.15) is 5.10 Å². The Bertz CT molecular complexity index is 654. The third-order valence-electron chi connectivity index (χ3n) is 4.20. The largest absolute Gasteiger partial charge is 0.481 e. The van der Waals surface area contributed by atoms with E-state index in [4.69, 9.17) is 0 Å². The molecular formula is C16H19N3O3S. The van der Waals surface area contributed by atoms with E-state index in [1.165, 1.54) is 11.3 Å². The summed E-state index contributed by atoms with van der Waals surface area (Å²) in [5.41, 5.74) is 0. The quantitative estimate of drug-likeness (QED) is 0.881. The Kier molecular flexibility index (Phi) is 4.76. The maximum Gasteiger partial charge on any atom is 0.308 e. The Morgan fingerprint density at radius 3 is 2.91 bits per heavy atom. The van der Waals surface area contributed by atoms with Crippen LogP contribution in [0.3, 0.4) is 0 Å². The van der Waals surface area contributed by atoms with Gasteiger partial charge < -0.3 is 10.0 Å². The predicted molar refractivity (Wildman–Crippen MR) is 86.0 cm³/mol. The van der Waals surface area contributed by atoms with E-state index >= 15 is 0 Å². The number of amides is 1. The lowest BCUT2D eigenvalue weighted by molar-refractivity contribution is -0.152. The number of rotatable bonds is 6. The van der Waals surface area contributed by atoms with Crippen molar-refractivity contribution in [3.05, 3.63) is 40.8 Å². The number of thiophene rings is 1. The van der Waals surface area contributed by atoms with Gasteiger partial charge in [-0.1, -0.05) is 6.07 Å². The first kappa shape index (κ1) is 15.7. The van der Waals surface area contributed by atoms with Crippen LogP contribution in [0.1, 0.15) is 30.2 Å². The van der Waals surface area contributed by atoms with E-state index in [1.807, 2.05) is 34.5 Å². The number of aromatic nitrogens is 2. The van der Waals surface area contributed by atoms with E-state index in [1.54, 1.807) is 11.1 Å². The zero-order valence-electron chi connectivity index (χ0n) is 12.7. The topological polar surface area (TPSA) is 75.4 Å². The van der Waals surface area contributed by atoms with Gasteiger partial charge in [0.15, 0.2) is 0 Å². The summed E-state index contributed by atoms with van der Waals surface area (Å²) in [6.07, 6.45) is 5.07. The van der Waals surface area contributed by atoms with Crippen LogP contribution < -0.4 is 0 Å². The number of aliphatic carboxylic acids is 1. The molecule has 122 valence electrons. The first-order valence-electron chi connectivity index (χ1n) is 7.70. The summed E-state index contributed by atoms with van der Waals surface area (Å²) in [6.45, 7) is 1.26. The molecule has 3 heterocycles. The summed E-state index contributed by atoms with van der Waals surface area (Å²) < 4.78 is 1.82. The summed E-state index contributed by atoms with van der Waals surface area (Å²) >= 11 is 1.51. The van der Waals surface area contributed by atoms with E-state index in [0.29, 0.717) is 25.9 Å². The fraction of sp³-hybridized carbons (Fsp3) is 0.438. The highest BCUT2D eigenvalue weighted by Crippen LogP contribution is 2.38. The number of hydrogen-bond donors (Lipinski definition) is 1. The molecule has 23 heavy (non-hydrogen) atoms.